The Balaban J connectivity index is 1.85. The summed E-state index contributed by atoms with van der Waals surface area (Å²) in [5, 5.41) is 16.9. The van der Waals surface area contributed by atoms with E-state index in [0.29, 0.717) is 25.3 Å². The van der Waals surface area contributed by atoms with Crippen LogP contribution >= 0.6 is 0 Å². The van der Waals surface area contributed by atoms with Gasteiger partial charge in [-0.2, -0.15) is 5.10 Å². The van der Waals surface area contributed by atoms with Crippen molar-refractivity contribution >= 4 is 5.97 Å². The molecule has 1 aromatic heterocycles. The van der Waals surface area contributed by atoms with Crippen molar-refractivity contribution in [2.75, 3.05) is 20.3 Å². The maximum atomic E-state index is 11.4. The van der Waals surface area contributed by atoms with E-state index in [1.54, 1.807) is 20.4 Å². The smallest absolute Gasteiger partial charge is 0.356 e. The number of aromatic carboxylic acids is 1. The quantitative estimate of drug-likeness (QED) is 0.832. The molecule has 1 aromatic carbocycles. The fourth-order valence-electron chi connectivity index (χ4n) is 3.31. The van der Waals surface area contributed by atoms with E-state index < -0.39 is 5.97 Å². The highest BCUT2D eigenvalue weighted by Gasteiger charge is 2.34. The first-order valence-corrected chi connectivity index (χ1v) is 8.27. The lowest BCUT2D eigenvalue weighted by Gasteiger charge is -2.39. The molecule has 7 heteroatoms. The number of nitrogens with zero attached hydrogens (tertiary/aromatic N) is 2. The van der Waals surface area contributed by atoms with Gasteiger partial charge in [0.25, 0.3) is 0 Å². The Morgan fingerprint density at radius 3 is 2.64 bits per heavy atom. The Morgan fingerprint density at radius 2 is 2.04 bits per heavy atom. The highest BCUT2D eigenvalue weighted by Crippen LogP contribution is 2.33. The van der Waals surface area contributed by atoms with Crippen molar-refractivity contribution in [3.8, 4) is 5.75 Å². The Hall–Kier alpha value is -2.38. The molecule has 1 aliphatic rings. The first-order valence-electron chi connectivity index (χ1n) is 8.27. The minimum absolute atomic E-state index is 0.0898. The SMILES string of the molecule is COc1ccc(C2(NCc3cn(C)nc3C(=O)O)CCOCC2)cc1. The number of nitrogens with one attached hydrogen (secondary N) is 1. The summed E-state index contributed by atoms with van der Waals surface area (Å²) in [6.07, 6.45) is 3.39. The van der Waals surface area contributed by atoms with Gasteiger partial charge in [-0.3, -0.25) is 4.68 Å². The second kappa shape index (κ2) is 7.25. The molecule has 25 heavy (non-hydrogen) atoms. The number of carbonyl (C=O) groups is 1. The number of aryl methyl sites for hydroxylation is 1. The third kappa shape index (κ3) is 3.67. The number of methoxy groups -OCH3 is 1. The first-order chi connectivity index (χ1) is 12.0. The zero-order valence-corrected chi connectivity index (χ0v) is 14.5. The summed E-state index contributed by atoms with van der Waals surface area (Å²) in [6, 6.07) is 8.00. The lowest BCUT2D eigenvalue weighted by molar-refractivity contribution is 0.0356. The standard InChI is InChI=1S/C18H23N3O4/c1-21-12-13(16(20-21)17(22)23)11-19-18(7-9-25-10-8-18)14-3-5-15(24-2)6-4-14/h3-6,12,19H,7-11H2,1-2H3,(H,22,23). The summed E-state index contributed by atoms with van der Waals surface area (Å²) in [7, 11) is 3.37. The largest absolute Gasteiger partial charge is 0.497 e. The molecule has 1 fully saturated rings. The van der Waals surface area contributed by atoms with Gasteiger partial charge in [-0.15, -0.1) is 0 Å². The number of aromatic nitrogens is 2. The average molecular weight is 345 g/mol. The molecule has 0 aliphatic carbocycles. The molecule has 1 saturated heterocycles. The predicted octanol–water partition coefficient (Wildman–Crippen LogP) is 1.92. The lowest BCUT2D eigenvalue weighted by Crippen LogP contribution is -2.46. The number of benzene rings is 1. The highest BCUT2D eigenvalue weighted by atomic mass is 16.5. The van der Waals surface area contributed by atoms with Crippen molar-refractivity contribution in [1.29, 1.82) is 0 Å². The van der Waals surface area contributed by atoms with Gasteiger partial charge in [0.1, 0.15) is 5.75 Å². The topological polar surface area (TPSA) is 85.6 Å². The van der Waals surface area contributed by atoms with Crippen LogP contribution in [0.3, 0.4) is 0 Å². The monoisotopic (exact) mass is 345 g/mol. The van der Waals surface area contributed by atoms with Crippen molar-refractivity contribution in [2.24, 2.45) is 7.05 Å². The molecular formula is C18H23N3O4. The first kappa shape index (κ1) is 17.4. The van der Waals surface area contributed by atoms with Crippen molar-refractivity contribution in [1.82, 2.24) is 15.1 Å². The lowest BCUT2D eigenvalue weighted by atomic mass is 9.82. The number of rotatable bonds is 6. The molecule has 134 valence electrons. The summed E-state index contributed by atoms with van der Waals surface area (Å²) < 4.78 is 12.3. The van der Waals surface area contributed by atoms with Gasteiger partial charge in [0.2, 0.25) is 0 Å². The molecule has 0 bridgehead atoms. The third-order valence-electron chi connectivity index (χ3n) is 4.71. The number of hydrogen-bond donors (Lipinski definition) is 2. The molecule has 2 aromatic rings. The van der Waals surface area contributed by atoms with Crippen LogP contribution in [0.2, 0.25) is 0 Å². The number of carboxylic acid groups (broad SMARTS) is 1. The van der Waals surface area contributed by atoms with E-state index in [-0.39, 0.29) is 11.2 Å². The number of hydrogen-bond acceptors (Lipinski definition) is 5. The normalized spacial score (nSPS) is 16.6. The second-order valence-electron chi connectivity index (χ2n) is 6.26. The van der Waals surface area contributed by atoms with E-state index in [1.807, 2.05) is 12.1 Å². The van der Waals surface area contributed by atoms with Crippen LogP contribution in [0, 0.1) is 0 Å². The van der Waals surface area contributed by atoms with Crippen molar-refractivity contribution in [2.45, 2.75) is 24.9 Å². The molecule has 0 unspecified atom stereocenters. The maximum Gasteiger partial charge on any atom is 0.356 e. The van der Waals surface area contributed by atoms with Crippen molar-refractivity contribution in [3.63, 3.8) is 0 Å². The molecule has 2 N–H and O–H groups in total. The van der Waals surface area contributed by atoms with E-state index in [9.17, 15) is 9.90 Å². The van der Waals surface area contributed by atoms with Gasteiger partial charge in [0.05, 0.1) is 7.11 Å². The predicted molar refractivity (Wildman–Crippen MR) is 91.7 cm³/mol. The van der Waals surface area contributed by atoms with E-state index in [1.165, 1.54) is 4.68 Å². The second-order valence-corrected chi connectivity index (χ2v) is 6.26. The molecule has 7 nitrogen and oxygen atoms in total. The molecule has 3 rings (SSSR count). The fourth-order valence-corrected chi connectivity index (χ4v) is 3.31. The van der Waals surface area contributed by atoms with Crippen molar-refractivity contribution < 1.29 is 19.4 Å². The van der Waals surface area contributed by atoms with Crippen LogP contribution in [-0.2, 0) is 23.9 Å². The van der Waals surface area contributed by atoms with Crippen LogP contribution in [0.4, 0.5) is 0 Å². The van der Waals surface area contributed by atoms with E-state index in [4.69, 9.17) is 9.47 Å². The summed E-state index contributed by atoms with van der Waals surface area (Å²) in [4.78, 5) is 11.4. The van der Waals surface area contributed by atoms with E-state index in [0.717, 1.165) is 24.2 Å². The minimum atomic E-state index is -1.01. The molecule has 0 amide bonds. The van der Waals surface area contributed by atoms with Crippen LogP contribution in [0.25, 0.3) is 0 Å². The Kier molecular flexibility index (Phi) is 5.06. The summed E-state index contributed by atoms with van der Waals surface area (Å²) in [5.41, 5.74) is 1.66. The van der Waals surface area contributed by atoms with Crippen LogP contribution in [-0.4, -0.2) is 41.2 Å². The van der Waals surface area contributed by atoms with Gasteiger partial charge in [-0.25, -0.2) is 4.79 Å². The summed E-state index contributed by atoms with van der Waals surface area (Å²) in [5.74, 6) is -0.200. The average Bonchev–Trinajstić information content (AvgIpc) is 3.02. The van der Waals surface area contributed by atoms with Crippen LogP contribution in [0.15, 0.2) is 30.5 Å². The third-order valence-corrected chi connectivity index (χ3v) is 4.71. The van der Waals surface area contributed by atoms with Crippen molar-refractivity contribution in [3.05, 3.63) is 47.3 Å². The molecule has 1 aliphatic heterocycles. The maximum absolute atomic E-state index is 11.4. The molecule has 0 atom stereocenters. The molecule has 0 radical (unpaired) electrons. The minimum Gasteiger partial charge on any atom is -0.497 e. The summed E-state index contributed by atoms with van der Waals surface area (Å²) >= 11 is 0. The number of ether oxygens (including phenoxy) is 2. The zero-order chi connectivity index (χ0) is 17.9. The summed E-state index contributed by atoms with van der Waals surface area (Å²) in [6.45, 7) is 1.76. The Morgan fingerprint density at radius 1 is 1.36 bits per heavy atom. The fraction of sp³-hybridized carbons (Fsp3) is 0.444. The molecular weight excluding hydrogens is 322 g/mol. The van der Waals surface area contributed by atoms with Crippen LogP contribution in [0.1, 0.15) is 34.5 Å². The van der Waals surface area contributed by atoms with Gasteiger partial charge in [-0.1, -0.05) is 12.1 Å². The van der Waals surface area contributed by atoms with Gasteiger partial charge < -0.3 is 19.9 Å². The zero-order valence-electron chi connectivity index (χ0n) is 14.5. The van der Waals surface area contributed by atoms with Gasteiger partial charge in [0.15, 0.2) is 5.69 Å². The molecule has 0 saturated carbocycles. The number of carboxylic acids is 1. The molecule has 0 spiro atoms. The van der Waals surface area contributed by atoms with E-state index in [2.05, 4.69) is 22.5 Å². The van der Waals surface area contributed by atoms with Gasteiger partial charge in [-0.05, 0) is 30.5 Å². The highest BCUT2D eigenvalue weighted by molar-refractivity contribution is 5.86. The Bertz CT molecular complexity index is 733. The van der Waals surface area contributed by atoms with Crippen LogP contribution < -0.4 is 10.1 Å². The van der Waals surface area contributed by atoms with Crippen LogP contribution in [0.5, 0.6) is 5.75 Å². The molecule has 2 heterocycles. The van der Waals surface area contributed by atoms with Gasteiger partial charge >= 0.3 is 5.97 Å². The Labute approximate surface area is 146 Å². The van der Waals surface area contributed by atoms with E-state index >= 15 is 0 Å². The van der Waals surface area contributed by atoms with Gasteiger partial charge in [0, 0.05) is 44.1 Å².